The number of pyridine rings is 1. The number of fused-ring (bicyclic) bond motifs is 1. The molecule has 0 bridgehead atoms. The van der Waals surface area contributed by atoms with E-state index >= 15 is 0 Å². The van der Waals surface area contributed by atoms with Gasteiger partial charge in [-0.15, -0.1) is 5.10 Å². The number of H-pyrrole nitrogens is 1. The Kier molecular flexibility index (Phi) is 9.74. The zero-order valence-corrected chi connectivity index (χ0v) is 20.6. The molecule has 1 aromatic carbocycles. The summed E-state index contributed by atoms with van der Waals surface area (Å²) in [7, 11) is 0. The van der Waals surface area contributed by atoms with Gasteiger partial charge < -0.3 is 19.6 Å². The molecule has 2 N–H and O–H groups in total. The Bertz CT molecular complexity index is 1160. The lowest BCUT2D eigenvalue weighted by Crippen LogP contribution is -2.34. The van der Waals surface area contributed by atoms with E-state index in [0.717, 1.165) is 23.1 Å². The van der Waals surface area contributed by atoms with Crippen LogP contribution in [0.2, 0.25) is 0 Å². The van der Waals surface area contributed by atoms with Crippen LogP contribution in [0.3, 0.4) is 0 Å². The van der Waals surface area contributed by atoms with E-state index in [1.165, 1.54) is 4.68 Å². The molecule has 0 saturated heterocycles. The summed E-state index contributed by atoms with van der Waals surface area (Å²) in [5.74, 6) is 0.833. The van der Waals surface area contributed by atoms with Crippen molar-refractivity contribution in [1.29, 1.82) is 0 Å². The highest BCUT2D eigenvalue weighted by molar-refractivity contribution is 5.80. The van der Waals surface area contributed by atoms with Crippen LogP contribution in [0.1, 0.15) is 57.5 Å². The summed E-state index contributed by atoms with van der Waals surface area (Å²) in [5, 5.41) is 22.4. The van der Waals surface area contributed by atoms with Gasteiger partial charge in [-0.3, -0.25) is 14.5 Å². The highest BCUT2D eigenvalue weighted by Crippen LogP contribution is 2.27. The van der Waals surface area contributed by atoms with Gasteiger partial charge >= 0.3 is 5.97 Å². The molecule has 0 fully saturated rings. The largest absolute Gasteiger partial charge is 0.494 e. The molecule has 0 aliphatic heterocycles. The lowest BCUT2D eigenvalue weighted by atomic mass is 10.1. The Morgan fingerprint density at radius 1 is 1.23 bits per heavy atom. The van der Waals surface area contributed by atoms with E-state index in [0.29, 0.717) is 43.9 Å². The van der Waals surface area contributed by atoms with Gasteiger partial charge in [0.1, 0.15) is 12.3 Å². The van der Waals surface area contributed by atoms with Gasteiger partial charge in [0.05, 0.1) is 19.3 Å². The van der Waals surface area contributed by atoms with Crippen LogP contribution in [-0.4, -0.2) is 67.5 Å². The van der Waals surface area contributed by atoms with Crippen LogP contribution in [0.25, 0.3) is 10.9 Å². The van der Waals surface area contributed by atoms with Gasteiger partial charge in [0.2, 0.25) is 0 Å². The number of tetrazole rings is 1. The van der Waals surface area contributed by atoms with Crippen molar-refractivity contribution in [2.75, 3.05) is 26.4 Å². The second-order valence-corrected chi connectivity index (χ2v) is 8.16. The molecule has 0 spiro atoms. The van der Waals surface area contributed by atoms with Crippen LogP contribution in [0.4, 0.5) is 0 Å². The number of nitrogens with one attached hydrogen (secondary N) is 1. The highest BCUT2D eigenvalue weighted by atomic mass is 16.5. The van der Waals surface area contributed by atoms with Crippen molar-refractivity contribution in [1.82, 2.24) is 30.1 Å². The number of aromatic amines is 1. The van der Waals surface area contributed by atoms with Gasteiger partial charge in [0.25, 0.3) is 5.56 Å². The third-order valence-corrected chi connectivity index (χ3v) is 5.63. The molecular weight excluding hydrogens is 452 g/mol. The maximum Gasteiger partial charge on any atom is 0.327 e. The summed E-state index contributed by atoms with van der Waals surface area (Å²) in [6.07, 6.45) is 2.05. The summed E-state index contributed by atoms with van der Waals surface area (Å²) < 4.78 is 12.1. The summed E-state index contributed by atoms with van der Waals surface area (Å²) in [6, 6.07) is 7.17. The van der Waals surface area contributed by atoms with Crippen molar-refractivity contribution in [3.05, 3.63) is 46.0 Å². The molecule has 0 aliphatic rings. The quantitative estimate of drug-likeness (QED) is 0.329. The number of aliphatic hydroxyl groups excluding tert-OH is 1. The first-order chi connectivity index (χ1) is 17.0. The molecule has 0 aliphatic carbocycles. The first-order valence-electron chi connectivity index (χ1n) is 12.1. The predicted molar refractivity (Wildman–Crippen MR) is 130 cm³/mol. The number of rotatable bonds is 14. The second-order valence-electron chi connectivity index (χ2n) is 8.16. The number of esters is 1. The molecular formula is C24H34N6O5. The van der Waals surface area contributed by atoms with Gasteiger partial charge in [-0.05, 0) is 61.4 Å². The molecule has 0 amide bonds. The van der Waals surface area contributed by atoms with E-state index in [1.54, 1.807) is 6.92 Å². The molecule has 0 radical (unpaired) electrons. The smallest absolute Gasteiger partial charge is 0.327 e. The first-order valence-corrected chi connectivity index (χ1v) is 12.1. The Morgan fingerprint density at radius 3 is 2.77 bits per heavy atom. The number of nitrogens with zero attached hydrogens (tertiary/aromatic N) is 5. The minimum Gasteiger partial charge on any atom is -0.494 e. The van der Waals surface area contributed by atoms with Crippen LogP contribution in [0.5, 0.6) is 5.75 Å². The van der Waals surface area contributed by atoms with E-state index < -0.39 is 5.97 Å². The fourth-order valence-electron chi connectivity index (χ4n) is 4.08. The van der Waals surface area contributed by atoms with E-state index in [-0.39, 0.29) is 31.4 Å². The van der Waals surface area contributed by atoms with Crippen molar-refractivity contribution < 1.29 is 19.4 Å². The molecule has 3 rings (SSSR count). The van der Waals surface area contributed by atoms with Crippen LogP contribution >= 0.6 is 0 Å². The number of hydrogen-bond acceptors (Lipinski definition) is 9. The zero-order chi connectivity index (χ0) is 25.2. The second kappa shape index (κ2) is 13.0. The normalized spacial score (nSPS) is 12.3. The fourth-order valence-corrected chi connectivity index (χ4v) is 4.08. The molecule has 2 aromatic heterocycles. The fraction of sp³-hybridized carbons (Fsp3) is 0.542. The van der Waals surface area contributed by atoms with Crippen molar-refractivity contribution in [2.45, 2.75) is 59.2 Å². The molecule has 1 atom stereocenters. The van der Waals surface area contributed by atoms with E-state index in [4.69, 9.17) is 9.47 Å². The van der Waals surface area contributed by atoms with Crippen molar-refractivity contribution in [3.8, 4) is 5.75 Å². The summed E-state index contributed by atoms with van der Waals surface area (Å²) in [6.45, 7) is 7.29. The summed E-state index contributed by atoms with van der Waals surface area (Å²) >= 11 is 0. The van der Waals surface area contributed by atoms with E-state index in [1.807, 2.05) is 31.2 Å². The zero-order valence-electron chi connectivity index (χ0n) is 20.6. The molecule has 0 unspecified atom stereocenters. The lowest BCUT2D eigenvalue weighted by Gasteiger charge is -2.30. The van der Waals surface area contributed by atoms with Crippen LogP contribution < -0.4 is 10.3 Å². The summed E-state index contributed by atoms with van der Waals surface area (Å²) in [4.78, 5) is 30.0. The molecule has 0 saturated carbocycles. The third kappa shape index (κ3) is 6.86. The van der Waals surface area contributed by atoms with E-state index in [2.05, 4.69) is 32.3 Å². The van der Waals surface area contributed by atoms with E-state index in [9.17, 15) is 14.7 Å². The first kappa shape index (κ1) is 26.3. The monoisotopic (exact) mass is 486 g/mol. The molecule has 35 heavy (non-hydrogen) atoms. The Morgan fingerprint density at radius 2 is 2.06 bits per heavy atom. The number of carbonyl (C=O) groups is 1. The van der Waals surface area contributed by atoms with Crippen molar-refractivity contribution in [3.63, 3.8) is 0 Å². The van der Waals surface area contributed by atoms with Gasteiger partial charge in [-0.2, -0.15) is 0 Å². The van der Waals surface area contributed by atoms with Gasteiger partial charge in [0, 0.05) is 36.2 Å². The summed E-state index contributed by atoms with van der Waals surface area (Å²) in [5.41, 5.74) is 1.12. The topological polar surface area (TPSA) is 135 Å². The predicted octanol–water partition coefficient (Wildman–Crippen LogP) is 2.20. The lowest BCUT2D eigenvalue weighted by molar-refractivity contribution is -0.144. The van der Waals surface area contributed by atoms with Crippen molar-refractivity contribution in [2.24, 2.45) is 0 Å². The van der Waals surface area contributed by atoms with Gasteiger partial charge in [-0.25, -0.2) is 4.68 Å². The van der Waals surface area contributed by atoms with Crippen LogP contribution in [0.15, 0.2) is 29.1 Å². The molecule has 190 valence electrons. The number of ether oxygens (including phenoxy) is 2. The van der Waals surface area contributed by atoms with Crippen molar-refractivity contribution >= 4 is 16.9 Å². The highest BCUT2D eigenvalue weighted by Gasteiger charge is 2.27. The maximum atomic E-state index is 12.9. The number of benzene rings is 1. The molecule has 2 heterocycles. The number of hydrogen-bond donors (Lipinski definition) is 2. The third-order valence-electron chi connectivity index (χ3n) is 5.63. The standard InChI is InChI=1S/C24H34N6O5/c1-4-8-21(23-26-27-28-30(23)16-22(32)35-6-3)29(11-7-12-31)15-18-13-17-14-19(34-5-2)9-10-20(17)25-24(18)33/h9-10,13-14,21,31H,4-8,11-12,15-16H2,1-3H3,(H,25,33)/t21-/m1/s1. The van der Waals surface area contributed by atoms with Crippen LogP contribution in [0, 0.1) is 0 Å². The molecule has 11 nitrogen and oxygen atoms in total. The number of aliphatic hydroxyl groups is 1. The van der Waals surface area contributed by atoms with Gasteiger partial charge in [0.15, 0.2) is 5.82 Å². The average molecular weight is 487 g/mol. The number of carbonyl (C=O) groups excluding carboxylic acids is 1. The van der Waals surface area contributed by atoms with Crippen LogP contribution in [-0.2, 0) is 22.6 Å². The average Bonchev–Trinajstić information content (AvgIpc) is 3.28. The SMILES string of the molecule is CCC[C@H](c1nnnn1CC(=O)OCC)N(CCCO)Cc1cc2cc(OCC)ccc2[nH]c1=O. The Hall–Kier alpha value is -3.31. The number of aromatic nitrogens is 5. The molecule has 3 aromatic rings. The Balaban J connectivity index is 1.96. The molecule has 11 heteroatoms. The maximum absolute atomic E-state index is 12.9. The minimum absolute atomic E-state index is 0.00883. The minimum atomic E-state index is -0.422. The Labute approximate surface area is 204 Å². The van der Waals surface area contributed by atoms with Gasteiger partial charge in [-0.1, -0.05) is 13.3 Å².